The van der Waals surface area contributed by atoms with Gasteiger partial charge in [-0.1, -0.05) is 17.7 Å². The summed E-state index contributed by atoms with van der Waals surface area (Å²) in [5, 5.41) is 23.4. The summed E-state index contributed by atoms with van der Waals surface area (Å²) in [6, 6.07) is 13.3. The van der Waals surface area contributed by atoms with Crippen LogP contribution in [0.25, 0.3) is 0 Å². The largest absolute Gasteiger partial charge is 0.491 e. The SMILES string of the molecule is Cc1ccc(NC(N)=NCC(O)COc2ccc([N+](=O)[O-])cc2)cc1.I. The van der Waals surface area contributed by atoms with Crippen molar-refractivity contribution in [2.75, 3.05) is 18.5 Å². The van der Waals surface area contributed by atoms with Crippen LogP contribution in [-0.4, -0.2) is 35.2 Å². The Balaban J connectivity index is 0.00000338. The summed E-state index contributed by atoms with van der Waals surface area (Å²) in [6.07, 6.45) is -0.853. The first-order valence-corrected chi connectivity index (χ1v) is 7.63. The maximum atomic E-state index is 10.6. The van der Waals surface area contributed by atoms with Crippen LogP contribution in [0.4, 0.5) is 11.4 Å². The van der Waals surface area contributed by atoms with Crippen molar-refractivity contribution in [3.8, 4) is 5.75 Å². The summed E-state index contributed by atoms with van der Waals surface area (Å²) < 4.78 is 5.36. The van der Waals surface area contributed by atoms with E-state index in [-0.39, 0.29) is 48.8 Å². The second-order valence-electron chi connectivity index (χ2n) is 5.43. The molecule has 0 aromatic heterocycles. The summed E-state index contributed by atoms with van der Waals surface area (Å²) in [7, 11) is 0. The summed E-state index contributed by atoms with van der Waals surface area (Å²) in [6.45, 7) is 2.05. The number of nitrogens with zero attached hydrogens (tertiary/aromatic N) is 2. The lowest BCUT2D eigenvalue weighted by atomic mass is 10.2. The van der Waals surface area contributed by atoms with E-state index in [2.05, 4.69) is 10.3 Å². The van der Waals surface area contributed by atoms with E-state index >= 15 is 0 Å². The third-order valence-electron chi connectivity index (χ3n) is 3.29. The molecule has 0 saturated heterocycles. The Kier molecular flexibility index (Phi) is 8.79. The Morgan fingerprint density at radius 2 is 1.88 bits per heavy atom. The van der Waals surface area contributed by atoms with Crippen LogP contribution in [0.3, 0.4) is 0 Å². The normalized spacial score (nSPS) is 12.0. The van der Waals surface area contributed by atoms with Gasteiger partial charge in [-0.05, 0) is 31.2 Å². The van der Waals surface area contributed by atoms with Crippen LogP contribution >= 0.6 is 24.0 Å². The number of hydrogen-bond donors (Lipinski definition) is 3. The van der Waals surface area contributed by atoms with Crippen molar-refractivity contribution in [2.45, 2.75) is 13.0 Å². The lowest BCUT2D eigenvalue weighted by Crippen LogP contribution is -2.27. The van der Waals surface area contributed by atoms with E-state index < -0.39 is 11.0 Å². The number of ether oxygens (including phenoxy) is 1. The predicted molar refractivity (Wildman–Crippen MR) is 111 cm³/mol. The molecule has 0 radical (unpaired) electrons. The minimum Gasteiger partial charge on any atom is -0.491 e. The molecule has 8 nitrogen and oxygen atoms in total. The first-order valence-electron chi connectivity index (χ1n) is 7.63. The number of non-ortho nitro benzene ring substituents is 1. The van der Waals surface area contributed by atoms with E-state index in [4.69, 9.17) is 10.5 Å². The zero-order chi connectivity index (χ0) is 18.2. The monoisotopic (exact) mass is 472 g/mol. The predicted octanol–water partition coefficient (Wildman–Crippen LogP) is 2.69. The van der Waals surface area contributed by atoms with Gasteiger partial charge in [0.15, 0.2) is 5.96 Å². The number of nitrogens with one attached hydrogen (secondary N) is 1. The van der Waals surface area contributed by atoms with Crippen molar-refractivity contribution < 1.29 is 14.8 Å². The molecular weight excluding hydrogens is 451 g/mol. The minimum absolute atomic E-state index is 0. The fourth-order valence-corrected chi connectivity index (χ4v) is 1.94. The first kappa shape index (κ1) is 21.6. The Hall–Kier alpha value is -2.40. The average molecular weight is 472 g/mol. The average Bonchev–Trinajstić information content (AvgIpc) is 2.60. The molecule has 0 bridgehead atoms. The molecule has 0 aliphatic heterocycles. The Morgan fingerprint density at radius 1 is 1.27 bits per heavy atom. The number of benzene rings is 2. The highest BCUT2D eigenvalue weighted by Crippen LogP contribution is 2.17. The third-order valence-corrected chi connectivity index (χ3v) is 3.29. The van der Waals surface area contributed by atoms with Gasteiger partial charge in [0.1, 0.15) is 18.5 Å². The second kappa shape index (κ2) is 10.6. The number of nitro benzene ring substituents is 1. The Labute approximate surface area is 168 Å². The first-order chi connectivity index (χ1) is 11.9. The number of aryl methyl sites for hydroxylation is 1. The second-order valence-corrected chi connectivity index (χ2v) is 5.43. The van der Waals surface area contributed by atoms with E-state index in [9.17, 15) is 15.2 Å². The maximum Gasteiger partial charge on any atom is 0.269 e. The number of aliphatic hydroxyl groups excluding tert-OH is 1. The summed E-state index contributed by atoms with van der Waals surface area (Å²) in [5.41, 5.74) is 7.69. The van der Waals surface area contributed by atoms with Crippen molar-refractivity contribution in [3.63, 3.8) is 0 Å². The molecule has 1 atom stereocenters. The molecule has 0 aliphatic carbocycles. The van der Waals surface area contributed by atoms with Crippen LogP contribution in [-0.2, 0) is 0 Å². The molecule has 0 amide bonds. The zero-order valence-corrected chi connectivity index (χ0v) is 16.5. The highest BCUT2D eigenvalue weighted by Gasteiger charge is 2.07. The fraction of sp³-hybridized carbons (Fsp3) is 0.235. The van der Waals surface area contributed by atoms with Crippen molar-refractivity contribution in [2.24, 2.45) is 10.7 Å². The molecule has 9 heteroatoms. The Bertz CT molecular complexity index is 735. The van der Waals surface area contributed by atoms with E-state index in [0.717, 1.165) is 11.3 Å². The number of nitro groups is 1. The molecule has 2 aromatic rings. The van der Waals surface area contributed by atoms with Crippen LogP contribution in [0.5, 0.6) is 5.75 Å². The summed E-state index contributed by atoms with van der Waals surface area (Å²) in [4.78, 5) is 14.1. The molecule has 4 N–H and O–H groups in total. The minimum atomic E-state index is -0.853. The molecule has 26 heavy (non-hydrogen) atoms. The van der Waals surface area contributed by atoms with Gasteiger partial charge in [-0.3, -0.25) is 15.1 Å². The van der Waals surface area contributed by atoms with Gasteiger partial charge in [0.05, 0.1) is 11.5 Å². The number of rotatable bonds is 7. The number of nitrogens with two attached hydrogens (primary N) is 1. The van der Waals surface area contributed by atoms with E-state index in [1.165, 1.54) is 24.3 Å². The number of aliphatic hydroxyl groups is 1. The number of hydrogen-bond acceptors (Lipinski definition) is 5. The van der Waals surface area contributed by atoms with Gasteiger partial charge in [-0.2, -0.15) is 0 Å². The molecular formula is C17H21IN4O4. The smallest absolute Gasteiger partial charge is 0.269 e. The number of anilines is 1. The summed E-state index contributed by atoms with van der Waals surface area (Å²) >= 11 is 0. The van der Waals surface area contributed by atoms with Gasteiger partial charge in [-0.25, -0.2) is 0 Å². The Morgan fingerprint density at radius 3 is 2.46 bits per heavy atom. The van der Waals surface area contributed by atoms with E-state index in [0.29, 0.717) is 5.75 Å². The van der Waals surface area contributed by atoms with Gasteiger partial charge in [0.2, 0.25) is 0 Å². The van der Waals surface area contributed by atoms with Crippen LogP contribution in [0.15, 0.2) is 53.5 Å². The van der Waals surface area contributed by atoms with Crippen molar-refractivity contribution in [3.05, 3.63) is 64.2 Å². The third kappa shape index (κ3) is 7.23. The number of aliphatic imine (C=N–C) groups is 1. The topological polar surface area (TPSA) is 123 Å². The number of guanidine groups is 1. The van der Waals surface area contributed by atoms with Crippen molar-refractivity contribution in [1.82, 2.24) is 0 Å². The van der Waals surface area contributed by atoms with Gasteiger partial charge < -0.3 is 20.9 Å². The lowest BCUT2D eigenvalue weighted by molar-refractivity contribution is -0.384. The zero-order valence-electron chi connectivity index (χ0n) is 14.2. The van der Waals surface area contributed by atoms with Gasteiger partial charge in [-0.15, -0.1) is 24.0 Å². The van der Waals surface area contributed by atoms with Gasteiger partial charge >= 0.3 is 0 Å². The molecule has 0 saturated carbocycles. The van der Waals surface area contributed by atoms with Crippen molar-refractivity contribution >= 4 is 41.3 Å². The number of halogens is 1. The maximum absolute atomic E-state index is 10.6. The van der Waals surface area contributed by atoms with Crippen molar-refractivity contribution in [1.29, 1.82) is 0 Å². The van der Waals surface area contributed by atoms with E-state index in [1.54, 1.807) is 0 Å². The highest BCUT2D eigenvalue weighted by atomic mass is 127. The highest BCUT2D eigenvalue weighted by molar-refractivity contribution is 14.0. The molecule has 0 heterocycles. The standard InChI is InChI=1S/C17H20N4O4.HI/c1-12-2-4-13(5-3-12)20-17(18)19-10-15(22)11-25-16-8-6-14(7-9-16)21(23)24;/h2-9,15,22H,10-11H2,1H3,(H3,18,19,20);1H. The quantitative estimate of drug-likeness (QED) is 0.187. The fourth-order valence-electron chi connectivity index (χ4n) is 1.94. The molecule has 0 spiro atoms. The molecule has 0 fully saturated rings. The molecule has 0 aliphatic rings. The summed E-state index contributed by atoms with van der Waals surface area (Å²) in [5.74, 6) is 0.623. The molecule has 140 valence electrons. The van der Waals surface area contributed by atoms with Gasteiger partial charge in [0.25, 0.3) is 5.69 Å². The van der Waals surface area contributed by atoms with Crippen LogP contribution in [0.1, 0.15) is 5.56 Å². The molecule has 2 aromatic carbocycles. The molecule has 1 unspecified atom stereocenters. The van der Waals surface area contributed by atoms with Crippen LogP contribution in [0.2, 0.25) is 0 Å². The van der Waals surface area contributed by atoms with Crippen LogP contribution < -0.4 is 15.8 Å². The lowest BCUT2D eigenvalue weighted by Gasteiger charge is -2.11. The van der Waals surface area contributed by atoms with Crippen LogP contribution in [0, 0.1) is 17.0 Å². The molecule has 2 rings (SSSR count). The van der Waals surface area contributed by atoms with Gasteiger partial charge in [0, 0.05) is 17.8 Å². The van der Waals surface area contributed by atoms with E-state index in [1.807, 2.05) is 31.2 Å².